The van der Waals surface area contributed by atoms with Crippen LogP contribution in [0.4, 0.5) is 0 Å². The van der Waals surface area contributed by atoms with Crippen molar-refractivity contribution in [2.75, 3.05) is 0 Å². The minimum absolute atomic E-state index is 0. The fourth-order valence-electron chi connectivity index (χ4n) is 5.92. The summed E-state index contributed by atoms with van der Waals surface area (Å²) >= 11 is 0. The predicted octanol–water partition coefficient (Wildman–Crippen LogP) is 2.59. The van der Waals surface area contributed by atoms with Gasteiger partial charge in [-0.15, -0.1) is 0 Å². The topological polar surface area (TPSA) is 108 Å². The minimum atomic E-state index is 0. The van der Waals surface area contributed by atoms with Gasteiger partial charge in [0, 0.05) is 27.4 Å². The van der Waals surface area contributed by atoms with Crippen LogP contribution in [0.5, 0.6) is 0 Å². The van der Waals surface area contributed by atoms with E-state index >= 15 is 0 Å². The van der Waals surface area contributed by atoms with Crippen molar-refractivity contribution in [1.29, 1.82) is 0 Å². The fraction of sp³-hybridized carbons (Fsp3) is 0.0588. The molecule has 0 saturated carbocycles. The maximum Gasteiger partial charge on any atom is 1.00 e. The van der Waals surface area contributed by atoms with Crippen LogP contribution in [-0.4, -0.2) is 19.9 Å². The summed E-state index contributed by atoms with van der Waals surface area (Å²) in [4.78, 5) is 37.1. The van der Waals surface area contributed by atoms with Gasteiger partial charge in [-0.25, -0.2) is 4.98 Å². The van der Waals surface area contributed by atoms with Crippen LogP contribution in [0.3, 0.4) is 0 Å². The molecular formula is C34H22N8Rb+. The maximum absolute atomic E-state index is 5.10. The average molecular weight is 628 g/mol. The second-order valence-corrected chi connectivity index (χ2v) is 10.8. The van der Waals surface area contributed by atoms with Crippen molar-refractivity contribution in [2.45, 2.75) is 13.8 Å². The van der Waals surface area contributed by atoms with E-state index < -0.39 is 0 Å². The number of hydrogen-bond acceptors (Lipinski definition) is 4. The first-order valence-corrected chi connectivity index (χ1v) is 13.8. The Morgan fingerprint density at radius 1 is 0.442 bits per heavy atom. The first-order chi connectivity index (χ1) is 20.6. The van der Waals surface area contributed by atoms with Crippen LogP contribution in [0.25, 0.3) is 89.7 Å². The van der Waals surface area contributed by atoms with Crippen molar-refractivity contribution >= 4 is 44.1 Å². The molecule has 8 bridgehead atoms. The van der Waals surface area contributed by atoms with E-state index in [1.54, 1.807) is 0 Å². The largest absolute Gasteiger partial charge is 1.00 e. The van der Waals surface area contributed by atoms with Gasteiger partial charge in [-0.2, -0.15) is 0 Å². The third-order valence-corrected chi connectivity index (χ3v) is 7.96. The molecule has 0 radical (unpaired) electrons. The summed E-state index contributed by atoms with van der Waals surface area (Å²) in [6.07, 6.45) is 0. The third kappa shape index (κ3) is 4.23. The number of aryl methyl sites for hydroxylation is 2. The SMILES string of the molecule is Cc1ccc2c(c1)-c1nc3[n-]c(nc4[nH+]c(nc5[n-]c(nc-2[nH+]1)c1ccccc51)-c1ccccc1-4)c1ccc(C)cc31.[Rb+]. The average Bonchev–Trinajstić information content (AvgIpc) is 3.72. The van der Waals surface area contributed by atoms with Gasteiger partial charge in [0.1, 0.15) is 5.82 Å². The van der Waals surface area contributed by atoms with Crippen molar-refractivity contribution in [1.82, 2.24) is 29.9 Å². The van der Waals surface area contributed by atoms with E-state index in [2.05, 4.69) is 60.2 Å². The monoisotopic (exact) mass is 627 g/mol. The van der Waals surface area contributed by atoms with Gasteiger partial charge in [-0.3, -0.25) is 9.97 Å². The van der Waals surface area contributed by atoms with Crippen molar-refractivity contribution in [2.24, 2.45) is 0 Å². The first kappa shape index (κ1) is 26.7. The number of nitrogens with zero attached hydrogens (tertiary/aromatic N) is 6. The normalized spacial score (nSPS) is 11.8. The van der Waals surface area contributed by atoms with Gasteiger partial charge < -0.3 is 9.97 Å². The molecule has 9 heteroatoms. The molecule has 2 aliphatic rings. The Kier molecular flexibility index (Phi) is 6.24. The molecule has 0 amide bonds. The molecule has 198 valence electrons. The Morgan fingerprint density at radius 3 is 1.44 bits per heavy atom. The van der Waals surface area contributed by atoms with Gasteiger partial charge in [0.15, 0.2) is 16.9 Å². The quantitative estimate of drug-likeness (QED) is 0.256. The summed E-state index contributed by atoms with van der Waals surface area (Å²) in [5.74, 6) is 2.76. The molecular weight excluding hydrogens is 606 g/mol. The summed E-state index contributed by atoms with van der Waals surface area (Å²) < 4.78 is 0. The number of aromatic amines is 2. The van der Waals surface area contributed by atoms with Crippen LogP contribution >= 0.6 is 0 Å². The van der Waals surface area contributed by atoms with Crippen molar-refractivity contribution in [3.05, 3.63) is 96.1 Å². The predicted molar refractivity (Wildman–Crippen MR) is 161 cm³/mol. The summed E-state index contributed by atoms with van der Waals surface area (Å²) in [7, 11) is 0. The van der Waals surface area contributed by atoms with E-state index in [1.807, 2.05) is 48.5 Å². The summed E-state index contributed by atoms with van der Waals surface area (Å²) in [5, 5.41) is 3.74. The fourth-order valence-corrected chi connectivity index (χ4v) is 5.92. The molecule has 5 heterocycles. The van der Waals surface area contributed by atoms with Crippen molar-refractivity contribution < 1.29 is 68.2 Å². The second kappa shape index (κ2) is 10.1. The van der Waals surface area contributed by atoms with Crippen LogP contribution < -0.4 is 78.1 Å². The molecule has 0 fully saturated rings. The standard InChI is InChI=1S/C34H20N8.Rb/c1-17-11-13-23-25(15-17)33-40-31(23)38-29-21-9-5-3-7-19(21)27(36-29)35-28-20-8-4-6-10-22(20)30(37-28)39-32-24-14-12-18(2)16-26(24)34(41-32)42-33;/h3-16H,1-2H3;/q-2;+1/p+2. The smallest absolute Gasteiger partial charge is 0.331 e. The molecule has 2 aliphatic heterocycles. The van der Waals surface area contributed by atoms with Gasteiger partial charge in [0.05, 0.1) is 16.7 Å². The molecule has 3 aromatic heterocycles. The zero-order chi connectivity index (χ0) is 27.9. The second-order valence-electron chi connectivity index (χ2n) is 10.8. The molecule has 9 rings (SSSR count). The van der Waals surface area contributed by atoms with E-state index in [4.69, 9.17) is 29.9 Å². The molecule has 4 aromatic carbocycles. The number of rotatable bonds is 0. The number of fused-ring (bicyclic) bond motifs is 20. The van der Waals surface area contributed by atoms with E-state index in [-0.39, 0.29) is 58.2 Å². The summed E-state index contributed by atoms with van der Waals surface area (Å²) in [5.41, 5.74) is 8.52. The van der Waals surface area contributed by atoms with Gasteiger partial charge in [0.2, 0.25) is 0 Å². The van der Waals surface area contributed by atoms with Gasteiger partial charge in [-0.05, 0) is 43.5 Å². The van der Waals surface area contributed by atoms with Gasteiger partial charge in [0.25, 0.3) is 17.5 Å². The molecule has 43 heavy (non-hydrogen) atoms. The number of hydrogen-bond donors (Lipinski definition) is 0. The molecule has 0 aliphatic carbocycles. The Hall–Kier alpha value is -3.95. The minimum Gasteiger partial charge on any atom is -0.331 e. The van der Waals surface area contributed by atoms with Crippen molar-refractivity contribution in [3.63, 3.8) is 0 Å². The molecule has 0 atom stereocenters. The van der Waals surface area contributed by atoms with E-state index in [9.17, 15) is 0 Å². The zero-order valence-electron chi connectivity index (χ0n) is 23.8. The zero-order valence-corrected chi connectivity index (χ0v) is 28.7. The van der Waals surface area contributed by atoms with Crippen LogP contribution in [0, 0.1) is 13.8 Å². The third-order valence-electron chi connectivity index (χ3n) is 7.96. The first-order valence-electron chi connectivity index (χ1n) is 13.8. The van der Waals surface area contributed by atoms with Crippen molar-refractivity contribution in [3.8, 4) is 45.6 Å². The van der Waals surface area contributed by atoms with E-state index in [0.717, 1.165) is 54.9 Å². The number of nitrogens with one attached hydrogen (secondary N) is 2. The van der Waals surface area contributed by atoms with Crippen LogP contribution in [0.2, 0.25) is 0 Å². The van der Waals surface area contributed by atoms with Crippen LogP contribution in [0.1, 0.15) is 11.1 Å². The molecule has 0 spiro atoms. The Balaban J connectivity index is 0.00000278. The molecule has 8 nitrogen and oxygen atoms in total. The maximum atomic E-state index is 5.10. The van der Waals surface area contributed by atoms with Crippen LogP contribution in [0.15, 0.2) is 84.9 Å². The molecule has 0 saturated heterocycles. The Labute approximate surface area is 294 Å². The summed E-state index contributed by atoms with van der Waals surface area (Å²) in [6, 6.07) is 28.7. The van der Waals surface area contributed by atoms with Gasteiger partial charge in [-0.1, -0.05) is 86.7 Å². The Morgan fingerprint density at radius 2 is 0.860 bits per heavy atom. The molecule has 0 unspecified atom stereocenters. The van der Waals surface area contributed by atoms with E-state index in [1.165, 1.54) is 0 Å². The molecule has 7 aromatic rings. The summed E-state index contributed by atoms with van der Waals surface area (Å²) in [6.45, 7) is 4.15. The Bertz CT molecular complexity index is 2460. The molecule has 2 N–H and O–H groups in total. The van der Waals surface area contributed by atoms with Crippen LogP contribution in [-0.2, 0) is 0 Å². The number of benzene rings is 4. The van der Waals surface area contributed by atoms with Gasteiger partial charge >= 0.3 is 58.2 Å². The number of H-pyrrole nitrogens is 2. The number of aromatic nitrogens is 8. The van der Waals surface area contributed by atoms with E-state index in [0.29, 0.717) is 45.9 Å².